The van der Waals surface area contributed by atoms with Crippen molar-refractivity contribution in [1.82, 2.24) is 0 Å². The summed E-state index contributed by atoms with van der Waals surface area (Å²) >= 11 is 0. The van der Waals surface area contributed by atoms with Crippen LogP contribution in [-0.2, 0) is 6.42 Å². The normalized spacial score (nSPS) is 12.3. The first-order valence-corrected chi connectivity index (χ1v) is 5.78. The van der Waals surface area contributed by atoms with Crippen LogP contribution in [0.4, 0.5) is 0 Å². The summed E-state index contributed by atoms with van der Waals surface area (Å²) in [5.41, 5.74) is 3.18. The second-order valence-corrected chi connectivity index (χ2v) is 4.43. The van der Waals surface area contributed by atoms with Crippen LogP contribution in [0.2, 0.25) is 0 Å². The molecule has 0 saturated heterocycles. The maximum absolute atomic E-state index is 11.2. The molecule has 1 heterocycles. The van der Waals surface area contributed by atoms with Crippen LogP contribution >= 0.6 is 0 Å². The topological polar surface area (TPSA) is 46.5 Å². The van der Waals surface area contributed by atoms with Gasteiger partial charge in [-0.2, -0.15) is 0 Å². The average molecular weight is 240 g/mol. The zero-order valence-electron chi connectivity index (χ0n) is 9.93. The van der Waals surface area contributed by atoms with E-state index >= 15 is 0 Å². The molecule has 90 valence electrons. The molecule has 2 aromatic carbocycles. The van der Waals surface area contributed by atoms with Crippen molar-refractivity contribution in [1.29, 1.82) is 0 Å². The van der Waals surface area contributed by atoms with Gasteiger partial charge < -0.3 is 9.84 Å². The minimum Gasteiger partial charge on any atom is -0.478 e. The Morgan fingerprint density at radius 1 is 1.22 bits per heavy atom. The van der Waals surface area contributed by atoms with E-state index < -0.39 is 5.97 Å². The average Bonchev–Trinajstić information content (AvgIpc) is 2.36. The molecule has 18 heavy (non-hydrogen) atoms. The second kappa shape index (κ2) is 3.88. The van der Waals surface area contributed by atoms with Crippen molar-refractivity contribution in [3.8, 4) is 11.5 Å². The molecule has 2 aromatic rings. The van der Waals surface area contributed by atoms with Gasteiger partial charge in [0.15, 0.2) is 0 Å². The van der Waals surface area contributed by atoms with E-state index in [1.54, 1.807) is 12.1 Å². The van der Waals surface area contributed by atoms with Gasteiger partial charge in [-0.1, -0.05) is 24.3 Å². The van der Waals surface area contributed by atoms with E-state index in [-0.39, 0.29) is 0 Å². The molecule has 0 unspecified atom stereocenters. The number of hydrogen-bond acceptors (Lipinski definition) is 2. The third-order valence-electron chi connectivity index (χ3n) is 3.24. The zero-order chi connectivity index (χ0) is 12.7. The molecule has 3 heteroatoms. The fraction of sp³-hybridized carbons (Fsp3) is 0.133. The molecule has 0 saturated carbocycles. The Kier molecular flexibility index (Phi) is 2.33. The summed E-state index contributed by atoms with van der Waals surface area (Å²) < 4.78 is 5.84. The van der Waals surface area contributed by atoms with Gasteiger partial charge in [-0.05, 0) is 30.2 Å². The summed E-state index contributed by atoms with van der Waals surface area (Å²) in [4.78, 5) is 11.2. The number of benzene rings is 2. The molecular weight excluding hydrogens is 228 g/mol. The Hall–Kier alpha value is -2.29. The Morgan fingerprint density at radius 3 is 2.78 bits per heavy atom. The van der Waals surface area contributed by atoms with E-state index in [9.17, 15) is 9.90 Å². The van der Waals surface area contributed by atoms with E-state index in [2.05, 4.69) is 0 Å². The lowest BCUT2D eigenvalue weighted by atomic mass is 9.94. The number of carboxylic acid groups (broad SMARTS) is 1. The molecule has 0 amide bonds. The summed E-state index contributed by atoms with van der Waals surface area (Å²) in [7, 11) is 0. The maximum atomic E-state index is 11.2. The van der Waals surface area contributed by atoms with Crippen LogP contribution in [0.3, 0.4) is 0 Å². The predicted octanol–water partition coefficient (Wildman–Crippen LogP) is 3.39. The standard InChI is InChI=1S/C15H12O3/c1-9-4-2-5-10-8-12-11(15(16)17)6-3-7-13(12)18-14(9)10/h2-7H,8H2,1H3,(H,16,17). The monoisotopic (exact) mass is 240 g/mol. The highest BCUT2D eigenvalue weighted by atomic mass is 16.5. The van der Waals surface area contributed by atoms with Crippen molar-refractivity contribution in [2.24, 2.45) is 0 Å². The highest BCUT2D eigenvalue weighted by Crippen LogP contribution is 2.39. The van der Waals surface area contributed by atoms with E-state index in [1.807, 2.05) is 31.2 Å². The Balaban J connectivity index is 2.16. The van der Waals surface area contributed by atoms with Gasteiger partial charge in [0.1, 0.15) is 11.5 Å². The molecule has 0 aromatic heterocycles. The van der Waals surface area contributed by atoms with Gasteiger partial charge in [0.2, 0.25) is 0 Å². The van der Waals surface area contributed by atoms with E-state index in [4.69, 9.17) is 4.74 Å². The molecule has 1 N–H and O–H groups in total. The second-order valence-electron chi connectivity index (χ2n) is 4.43. The van der Waals surface area contributed by atoms with Gasteiger partial charge in [0, 0.05) is 12.0 Å². The van der Waals surface area contributed by atoms with E-state index in [1.165, 1.54) is 0 Å². The van der Waals surface area contributed by atoms with Crippen LogP contribution in [0.15, 0.2) is 36.4 Å². The summed E-state index contributed by atoms with van der Waals surface area (Å²) in [5.74, 6) is 0.593. The van der Waals surface area contributed by atoms with Crippen LogP contribution in [0.1, 0.15) is 27.0 Å². The van der Waals surface area contributed by atoms with Crippen LogP contribution in [0, 0.1) is 6.92 Å². The first kappa shape index (κ1) is 10.8. The first-order valence-electron chi connectivity index (χ1n) is 5.78. The smallest absolute Gasteiger partial charge is 0.336 e. The maximum Gasteiger partial charge on any atom is 0.336 e. The molecule has 3 rings (SSSR count). The van der Waals surface area contributed by atoms with Crippen LogP contribution in [0.5, 0.6) is 11.5 Å². The molecule has 0 spiro atoms. The van der Waals surface area contributed by atoms with Gasteiger partial charge in [0.05, 0.1) is 5.56 Å². The number of para-hydroxylation sites is 1. The number of carboxylic acids is 1. The van der Waals surface area contributed by atoms with E-state index in [0.717, 1.165) is 22.4 Å². The zero-order valence-corrected chi connectivity index (χ0v) is 9.93. The fourth-order valence-electron chi connectivity index (χ4n) is 2.34. The van der Waals surface area contributed by atoms with Crippen molar-refractivity contribution in [3.63, 3.8) is 0 Å². The molecular formula is C15H12O3. The number of ether oxygens (including phenoxy) is 1. The van der Waals surface area contributed by atoms with Crippen molar-refractivity contribution in [2.75, 3.05) is 0 Å². The molecule has 0 atom stereocenters. The van der Waals surface area contributed by atoms with Crippen LogP contribution in [0.25, 0.3) is 0 Å². The fourth-order valence-corrected chi connectivity index (χ4v) is 2.34. The number of carbonyl (C=O) groups is 1. The summed E-state index contributed by atoms with van der Waals surface area (Å²) in [5, 5.41) is 9.19. The largest absolute Gasteiger partial charge is 0.478 e. The molecule has 1 aliphatic heterocycles. The van der Waals surface area contributed by atoms with Crippen LogP contribution < -0.4 is 4.74 Å². The molecule has 0 fully saturated rings. The molecule has 3 nitrogen and oxygen atoms in total. The quantitative estimate of drug-likeness (QED) is 0.709. The molecule has 0 bridgehead atoms. The SMILES string of the molecule is Cc1cccc2c1Oc1cccc(C(=O)O)c1C2. The van der Waals surface area contributed by atoms with Gasteiger partial charge in [0.25, 0.3) is 0 Å². The van der Waals surface area contributed by atoms with Crippen molar-refractivity contribution < 1.29 is 14.6 Å². The predicted molar refractivity (Wildman–Crippen MR) is 67.5 cm³/mol. The number of rotatable bonds is 1. The minimum absolute atomic E-state index is 0.319. The Morgan fingerprint density at radius 2 is 2.00 bits per heavy atom. The number of hydrogen-bond donors (Lipinski definition) is 1. The number of aryl methyl sites for hydroxylation is 1. The van der Waals surface area contributed by atoms with Gasteiger partial charge >= 0.3 is 5.97 Å². The van der Waals surface area contributed by atoms with Gasteiger partial charge in [-0.3, -0.25) is 0 Å². The van der Waals surface area contributed by atoms with Gasteiger partial charge in [-0.15, -0.1) is 0 Å². The van der Waals surface area contributed by atoms with Crippen molar-refractivity contribution >= 4 is 5.97 Å². The molecule has 0 radical (unpaired) electrons. The third-order valence-corrected chi connectivity index (χ3v) is 3.24. The summed E-state index contributed by atoms with van der Waals surface area (Å²) in [6.45, 7) is 1.99. The highest BCUT2D eigenvalue weighted by molar-refractivity contribution is 5.90. The number of fused-ring (bicyclic) bond motifs is 2. The summed E-state index contributed by atoms with van der Waals surface area (Å²) in [6.07, 6.45) is 0.606. The first-order chi connectivity index (χ1) is 8.66. The Bertz CT molecular complexity index is 644. The van der Waals surface area contributed by atoms with Gasteiger partial charge in [-0.25, -0.2) is 4.79 Å². The molecule has 0 aliphatic carbocycles. The molecule has 1 aliphatic rings. The lowest BCUT2D eigenvalue weighted by Crippen LogP contribution is -2.10. The lowest BCUT2D eigenvalue weighted by molar-refractivity contribution is 0.0695. The summed E-state index contributed by atoms with van der Waals surface area (Å²) in [6, 6.07) is 11.1. The van der Waals surface area contributed by atoms with Crippen LogP contribution in [-0.4, -0.2) is 11.1 Å². The Labute approximate surface area is 105 Å². The van der Waals surface area contributed by atoms with E-state index in [0.29, 0.717) is 17.7 Å². The van der Waals surface area contributed by atoms with Crippen molar-refractivity contribution in [2.45, 2.75) is 13.3 Å². The minimum atomic E-state index is -0.911. The lowest BCUT2D eigenvalue weighted by Gasteiger charge is -2.22. The number of aromatic carboxylic acids is 1. The third kappa shape index (κ3) is 1.56. The van der Waals surface area contributed by atoms with Crippen molar-refractivity contribution in [3.05, 3.63) is 58.7 Å². The highest BCUT2D eigenvalue weighted by Gasteiger charge is 2.22.